The average Bonchev–Trinajstić information content (AvgIpc) is 2.93. The number of rotatable bonds is 2. The number of nitrogens with one attached hydrogen (secondary N) is 1. The molecule has 0 saturated heterocycles. The summed E-state index contributed by atoms with van der Waals surface area (Å²) in [7, 11) is 0. The van der Waals surface area contributed by atoms with Crippen LogP contribution in [-0.4, -0.2) is 24.7 Å². The quantitative estimate of drug-likeness (QED) is 0.747. The summed E-state index contributed by atoms with van der Waals surface area (Å²) in [5, 5.41) is 5.50. The topological polar surface area (TPSA) is 59.4 Å². The van der Waals surface area contributed by atoms with Gasteiger partial charge in [0.15, 0.2) is 0 Å². The van der Waals surface area contributed by atoms with E-state index in [-0.39, 0.29) is 0 Å². The van der Waals surface area contributed by atoms with E-state index in [2.05, 4.69) is 30.9 Å². The van der Waals surface area contributed by atoms with Gasteiger partial charge >= 0.3 is 0 Å². The van der Waals surface area contributed by atoms with Gasteiger partial charge in [0, 0.05) is 23.3 Å². The maximum absolute atomic E-state index is 4.45. The lowest BCUT2D eigenvalue weighted by atomic mass is 9.93. The fourth-order valence-electron chi connectivity index (χ4n) is 2.41. The standard InChI is InChI=1S/C13H13N5/c1-2-10(3-1)18-7-9(6-17-18)12-11-4-5-14-13(11)16-8-15-12/h4-8,10H,1-3H2,(H,14,15,16). The summed E-state index contributed by atoms with van der Waals surface area (Å²) >= 11 is 0. The summed E-state index contributed by atoms with van der Waals surface area (Å²) in [4.78, 5) is 11.7. The van der Waals surface area contributed by atoms with Gasteiger partial charge in [0.2, 0.25) is 0 Å². The number of hydrogen-bond donors (Lipinski definition) is 1. The molecule has 0 bridgehead atoms. The van der Waals surface area contributed by atoms with Crippen molar-refractivity contribution in [3.05, 3.63) is 31.0 Å². The SMILES string of the molecule is c1nc(-c2cnn(C3CCC3)c2)c2cc[nH]c2n1. The number of aromatic nitrogens is 5. The molecular formula is C13H13N5. The molecule has 18 heavy (non-hydrogen) atoms. The minimum absolute atomic E-state index is 0.585. The van der Waals surface area contributed by atoms with E-state index in [1.807, 2.05) is 18.5 Å². The largest absolute Gasteiger partial charge is 0.346 e. The van der Waals surface area contributed by atoms with Crippen molar-refractivity contribution in [2.75, 3.05) is 0 Å². The molecule has 1 fully saturated rings. The number of nitrogens with zero attached hydrogens (tertiary/aromatic N) is 4. The van der Waals surface area contributed by atoms with Crippen LogP contribution in [0.25, 0.3) is 22.3 Å². The first kappa shape index (κ1) is 9.82. The number of hydrogen-bond acceptors (Lipinski definition) is 3. The Morgan fingerprint density at radius 1 is 1.28 bits per heavy atom. The molecule has 3 aromatic rings. The van der Waals surface area contributed by atoms with Gasteiger partial charge in [-0.3, -0.25) is 4.68 Å². The van der Waals surface area contributed by atoms with E-state index in [0.29, 0.717) is 6.04 Å². The van der Waals surface area contributed by atoms with E-state index in [1.165, 1.54) is 19.3 Å². The van der Waals surface area contributed by atoms with Gasteiger partial charge < -0.3 is 4.98 Å². The molecule has 0 aliphatic heterocycles. The van der Waals surface area contributed by atoms with Gasteiger partial charge in [-0.15, -0.1) is 0 Å². The van der Waals surface area contributed by atoms with Crippen molar-refractivity contribution in [1.29, 1.82) is 0 Å². The molecule has 0 unspecified atom stereocenters. The highest BCUT2D eigenvalue weighted by molar-refractivity contribution is 5.89. The fourth-order valence-corrected chi connectivity index (χ4v) is 2.41. The lowest BCUT2D eigenvalue weighted by molar-refractivity contribution is 0.289. The van der Waals surface area contributed by atoms with E-state index in [9.17, 15) is 0 Å². The first-order chi connectivity index (χ1) is 8.92. The van der Waals surface area contributed by atoms with E-state index in [0.717, 1.165) is 22.3 Å². The second-order valence-corrected chi connectivity index (χ2v) is 4.76. The third-order valence-corrected chi connectivity index (χ3v) is 3.68. The van der Waals surface area contributed by atoms with Gasteiger partial charge in [0.1, 0.15) is 12.0 Å². The van der Waals surface area contributed by atoms with Crippen LogP contribution < -0.4 is 0 Å². The molecule has 0 amide bonds. The van der Waals surface area contributed by atoms with Crippen molar-refractivity contribution in [3.63, 3.8) is 0 Å². The van der Waals surface area contributed by atoms with Crippen LogP contribution >= 0.6 is 0 Å². The molecule has 3 aromatic heterocycles. The van der Waals surface area contributed by atoms with Crippen LogP contribution in [-0.2, 0) is 0 Å². The minimum atomic E-state index is 0.585. The monoisotopic (exact) mass is 239 g/mol. The molecule has 0 aromatic carbocycles. The molecule has 1 aliphatic rings. The first-order valence-corrected chi connectivity index (χ1v) is 6.24. The van der Waals surface area contributed by atoms with Crippen molar-refractivity contribution >= 4 is 11.0 Å². The lowest BCUT2D eigenvalue weighted by Gasteiger charge is -2.25. The Bertz CT molecular complexity index is 692. The molecule has 1 N–H and O–H groups in total. The van der Waals surface area contributed by atoms with Gasteiger partial charge in [0.25, 0.3) is 0 Å². The smallest absolute Gasteiger partial charge is 0.141 e. The normalized spacial score (nSPS) is 16.0. The molecule has 0 radical (unpaired) electrons. The van der Waals surface area contributed by atoms with Crippen LogP contribution in [0.1, 0.15) is 25.3 Å². The Hall–Kier alpha value is -2.17. The Kier molecular flexibility index (Phi) is 2.00. The van der Waals surface area contributed by atoms with Gasteiger partial charge in [-0.2, -0.15) is 5.10 Å². The number of aromatic amines is 1. The molecule has 4 rings (SSSR count). The molecule has 5 heteroatoms. The zero-order chi connectivity index (χ0) is 11.9. The van der Waals surface area contributed by atoms with Gasteiger partial charge in [-0.1, -0.05) is 0 Å². The van der Waals surface area contributed by atoms with Crippen LogP contribution in [0.3, 0.4) is 0 Å². The molecule has 1 aliphatic carbocycles. The van der Waals surface area contributed by atoms with Crippen molar-refractivity contribution in [2.24, 2.45) is 0 Å². The second-order valence-electron chi connectivity index (χ2n) is 4.76. The summed E-state index contributed by atoms with van der Waals surface area (Å²) in [6.07, 6.45) is 11.3. The summed E-state index contributed by atoms with van der Waals surface area (Å²) < 4.78 is 2.07. The summed E-state index contributed by atoms with van der Waals surface area (Å²) in [5.74, 6) is 0. The number of fused-ring (bicyclic) bond motifs is 1. The van der Waals surface area contributed by atoms with Crippen LogP contribution in [0, 0.1) is 0 Å². The maximum atomic E-state index is 4.45. The van der Waals surface area contributed by atoms with E-state index in [4.69, 9.17) is 0 Å². The van der Waals surface area contributed by atoms with Crippen LogP contribution in [0.15, 0.2) is 31.0 Å². The van der Waals surface area contributed by atoms with E-state index in [1.54, 1.807) is 6.33 Å². The zero-order valence-corrected chi connectivity index (χ0v) is 9.87. The molecule has 0 spiro atoms. The van der Waals surface area contributed by atoms with Crippen LogP contribution in [0.4, 0.5) is 0 Å². The summed E-state index contributed by atoms with van der Waals surface area (Å²) in [6, 6.07) is 2.59. The van der Waals surface area contributed by atoms with Gasteiger partial charge in [-0.25, -0.2) is 9.97 Å². The predicted octanol–water partition coefficient (Wildman–Crippen LogP) is 2.55. The first-order valence-electron chi connectivity index (χ1n) is 6.24. The highest BCUT2D eigenvalue weighted by Crippen LogP contribution is 2.32. The Morgan fingerprint density at radius 3 is 3.06 bits per heavy atom. The van der Waals surface area contributed by atoms with E-state index < -0.39 is 0 Å². The Labute approximate surface area is 104 Å². The third-order valence-electron chi connectivity index (χ3n) is 3.68. The molecule has 1 saturated carbocycles. The van der Waals surface area contributed by atoms with Crippen molar-refractivity contribution in [3.8, 4) is 11.3 Å². The Balaban J connectivity index is 1.81. The molecule has 3 heterocycles. The second kappa shape index (κ2) is 3.66. The summed E-state index contributed by atoms with van der Waals surface area (Å²) in [5.41, 5.74) is 2.89. The van der Waals surface area contributed by atoms with Crippen molar-refractivity contribution < 1.29 is 0 Å². The van der Waals surface area contributed by atoms with Crippen LogP contribution in [0.5, 0.6) is 0 Å². The van der Waals surface area contributed by atoms with Crippen LogP contribution in [0.2, 0.25) is 0 Å². The van der Waals surface area contributed by atoms with E-state index >= 15 is 0 Å². The molecule has 90 valence electrons. The molecule has 0 atom stereocenters. The lowest BCUT2D eigenvalue weighted by Crippen LogP contribution is -2.16. The number of H-pyrrole nitrogens is 1. The van der Waals surface area contributed by atoms with Gasteiger partial charge in [-0.05, 0) is 25.3 Å². The zero-order valence-electron chi connectivity index (χ0n) is 9.87. The highest BCUT2D eigenvalue weighted by Gasteiger charge is 2.20. The predicted molar refractivity (Wildman–Crippen MR) is 68.0 cm³/mol. The van der Waals surface area contributed by atoms with Crippen molar-refractivity contribution in [2.45, 2.75) is 25.3 Å². The van der Waals surface area contributed by atoms with Crippen molar-refractivity contribution in [1.82, 2.24) is 24.7 Å². The fraction of sp³-hybridized carbons (Fsp3) is 0.308. The summed E-state index contributed by atoms with van der Waals surface area (Å²) in [6.45, 7) is 0. The molecule has 5 nitrogen and oxygen atoms in total. The van der Waals surface area contributed by atoms with Gasteiger partial charge in [0.05, 0.1) is 17.9 Å². The third kappa shape index (κ3) is 1.37. The maximum Gasteiger partial charge on any atom is 0.141 e. The highest BCUT2D eigenvalue weighted by atomic mass is 15.3. The Morgan fingerprint density at radius 2 is 2.22 bits per heavy atom. The molecular weight excluding hydrogens is 226 g/mol. The minimum Gasteiger partial charge on any atom is -0.346 e. The average molecular weight is 239 g/mol.